The molecule has 0 spiro atoms. The van der Waals surface area contributed by atoms with E-state index in [2.05, 4.69) is 17.6 Å². The molecule has 5 nitrogen and oxygen atoms in total. The van der Waals surface area contributed by atoms with E-state index in [9.17, 15) is 9.59 Å². The maximum absolute atomic E-state index is 12.4. The maximum Gasteiger partial charge on any atom is 0.321 e. The summed E-state index contributed by atoms with van der Waals surface area (Å²) >= 11 is 0. The summed E-state index contributed by atoms with van der Waals surface area (Å²) in [5.41, 5.74) is 2.43. The van der Waals surface area contributed by atoms with E-state index in [1.807, 2.05) is 43.9 Å². The molecular formula is C18H27N3O2. The molecule has 0 saturated carbocycles. The van der Waals surface area contributed by atoms with Gasteiger partial charge in [-0.1, -0.05) is 26.8 Å². The Morgan fingerprint density at radius 3 is 2.65 bits per heavy atom. The molecule has 0 unspecified atom stereocenters. The molecule has 0 aliphatic carbocycles. The Balaban J connectivity index is 2.06. The number of nitrogens with zero attached hydrogens (tertiary/aromatic N) is 1. The van der Waals surface area contributed by atoms with Gasteiger partial charge >= 0.3 is 6.03 Å². The Morgan fingerprint density at radius 1 is 1.26 bits per heavy atom. The number of hydrogen-bond acceptors (Lipinski definition) is 2. The molecule has 23 heavy (non-hydrogen) atoms. The minimum Gasteiger partial charge on any atom is -0.326 e. The number of carbonyl (C=O) groups excluding carboxylic acids is 2. The molecule has 1 aliphatic heterocycles. The zero-order chi connectivity index (χ0) is 17.0. The van der Waals surface area contributed by atoms with Crippen LogP contribution < -0.4 is 10.6 Å². The summed E-state index contributed by atoms with van der Waals surface area (Å²) in [4.78, 5) is 26.1. The van der Waals surface area contributed by atoms with Gasteiger partial charge in [0, 0.05) is 30.4 Å². The van der Waals surface area contributed by atoms with Crippen LogP contribution in [0.15, 0.2) is 18.2 Å². The minimum absolute atomic E-state index is 0.0315. The van der Waals surface area contributed by atoms with Crippen molar-refractivity contribution in [3.63, 3.8) is 0 Å². The lowest BCUT2D eigenvalue weighted by molar-refractivity contribution is -0.118. The first-order chi connectivity index (χ1) is 10.9. The highest BCUT2D eigenvalue weighted by Gasteiger charge is 2.21. The highest BCUT2D eigenvalue weighted by molar-refractivity contribution is 5.94. The molecular weight excluding hydrogens is 290 g/mol. The van der Waals surface area contributed by atoms with Gasteiger partial charge in [-0.3, -0.25) is 4.79 Å². The number of hydrogen-bond donors (Lipinski definition) is 2. The summed E-state index contributed by atoms with van der Waals surface area (Å²) in [6, 6.07) is 5.52. The lowest BCUT2D eigenvalue weighted by atomic mass is 10.0. The Morgan fingerprint density at radius 2 is 2.00 bits per heavy atom. The summed E-state index contributed by atoms with van der Waals surface area (Å²) in [5, 5.41) is 5.84. The van der Waals surface area contributed by atoms with Gasteiger partial charge in [0.05, 0.1) is 0 Å². The second-order valence-electron chi connectivity index (χ2n) is 6.80. The number of urea groups is 1. The number of benzene rings is 1. The van der Waals surface area contributed by atoms with Crippen LogP contribution in [-0.4, -0.2) is 29.9 Å². The van der Waals surface area contributed by atoms with E-state index in [0.717, 1.165) is 30.8 Å². The largest absolute Gasteiger partial charge is 0.326 e. The fraction of sp³-hybridized carbons (Fsp3) is 0.556. The van der Waals surface area contributed by atoms with Gasteiger partial charge in [-0.2, -0.15) is 0 Å². The van der Waals surface area contributed by atoms with Gasteiger partial charge < -0.3 is 15.5 Å². The first kappa shape index (κ1) is 17.3. The first-order valence-electron chi connectivity index (χ1n) is 8.34. The topological polar surface area (TPSA) is 61.4 Å². The number of carbonyl (C=O) groups is 2. The standard InChI is InChI=1S/C18H27N3O2/c1-12(2)17(22)19-15-8-7-14(4)16(10-15)20-18(23)21-9-5-6-13(3)11-21/h7-8,10,12-13H,5-6,9,11H2,1-4H3,(H,19,22)(H,20,23)/t13-/m1/s1. The Bertz CT molecular complexity index is 584. The van der Waals surface area contributed by atoms with Crippen molar-refractivity contribution in [3.8, 4) is 0 Å². The molecule has 1 aliphatic rings. The number of amides is 3. The lowest BCUT2D eigenvalue weighted by Crippen LogP contribution is -2.41. The fourth-order valence-corrected chi connectivity index (χ4v) is 2.69. The van der Waals surface area contributed by atoms with E-state index in [0.29, 0.717) is 11.6 Å². The van der Waals surface area contributed by atoms with Crippen molar-refractivity contribution in [2.24, 2.45) is 11.8 Å². The van der Waals surface area contributed by atoms with Crippen LogP contribution in [0.4, 0.5) is 16.2 Å². The third kappa shape index (κ3) is 4.71. The second-order valence-corrected chi connectivity index (χ2v) is 6.80. The smallest absolute Gasteiger partial charge is 0.321 e. The fourth-order valence-electron chi connectivity index (χ4n) is 2.69. The van der Waals surface area contributed by atoms with Gasteiger partial charge in [0.2, 0.25) is 5.91 Å². The zero-order valence-corrected chi connectivity index (χ0v) is 14.5. The van der Waals surface area contributed by atoms with Crippen LogP contribution in [0.5, 0.6) is 0 Å². The Labute approximate surface area is 138 Å². The molecule has 0 radical (unpaired) electrons. The Hall–Kier alpha value is -2.04. The SMILES string of the molecule is Cc1ccc(NC(=O)C(C)C)cc1NC(=O)N1CCC[C@@H](C)C1. The van der Waals surface area contributed by atoms with Crippen molar-refractivity contribution in [2.45, 2.75) is 40.5 Å². The molecule has 0 aromatic heterocycles. The molecule has 1 heterocycles. The zero-order valence-electron chi connectivity index (χ0n) is 14.5. The molecule has 2 N–H and O–H groups in total. The average Bonchev–Trinajstić information content (AvgIpc) is 2.50. The summed E-state index contributed by atoms with van der Waals surface area (Å²) in [6.07, 6.45) is 2.23. The third-order valence-electron chi connectivity index (χ3n) is 4.22. The summed E-state index contributed by atoms with van der Waals surface area (Å²) in [6.45, 7) is 9.43. The van der Waals surface area contributed by atoms with E-state index in [1.54, 1.807) is 0 Å². The highest BCUT2D eigenvalue weighted by atomic mass is 16.2. The number of likely N-dealkylation sites (tertiary alicyclic amines) is 1. The third-order valence-corrected chi connectivity index (χ3v) is 4.22. The van der Waals surface area contributed by atoms with Crippen LogP contribution in [0.3, 0.4) is 0 Å². The minimum atomic E-state index is -0.0795. The number of aryl methyl sites for hydroxylation is 1. The van der Waals surface area contributed by atoms with Crippen molar-refractivity contribution >= 4 is 23.3 Å². The van der Waals surface area contributed by atoms with E-state index in [4.69, 9.17) is 0 Å². The van der Waals surface area contributed by atoms with Crippen LogP contribution in [-0.2, 0) is 4.79 Å². The molecule has 1 saturated heterocycles. The summed E-state index contributed by atoms with van der Waals surface area (Å²) in [5.74, 6) is 0.437. The van der Waals surface area contributed by atoms with Crippen LogP contribution >= 0.6 is 0 Å². The van der Waals surface area contributed by atoms with Gasteiger partial charge in [0.1, 0.15) is 0 Å². The van der Waals surface area contributed by atoms with Gasteiger partial charge in [-0.25, -0.2) is 4.79 Å². The predicted molar refractivity (Wildman–Crippen MR) is 93.6 cm³/mol. The van der Waals surface area contributed by atoms with Gasteiger partial charge in [0.25, 0.3) is 0 Å². The van der Waals surface area contributed by atoms with Crippen molar-refractivity contribution in [1.82, 2.24) is 4.90 Å². The molecule has 5 heteroatoms. The van der Waals surface area contributed by atoms with E-state index in [-0.39, 0.29) is 17.9 Å². The van der Waals surface area contributed by atoms with E-state index in [1.165, 1.54) is 6.42 Å². The maximum atomic E-state index is 12.4. The normalized spacial score (nSPS) is 18.0. The van der Waals surface area contributed by atoms with Crippen LogP contribution in [0.25, 0.3) is 0 Å². The summed E-state index contributed by atoms with van der Waals surface area (Å²) < 4.78 is 0. The highest BCUT2D eigenvalue weighted by Crippen LogP contribution is 2.22. The molecule has 3 amide bonds. The molecule has 1 atom stereocenters. The molecule has 0 bridgehead atoms. The van der Waals surface area contributed by atoms with Gasteiger partial charge in [0.15, 0.2) is 0 Å². The molecule has 1 aromatic carbocycles. The quantitative estimate of drug-likeness (QED) is 0.889. The van der Waals surface area contributed by atoms with Crippen molar-refractivity contribution in [3.05, 3.63) is 23.8 Å². The Kier molecular flexibility index (Phi) is 5.64. The number of rotatable bonds is 3. The van der Waals surface area contributed by atoms with Crippen molar-refractivity contribution in [2.75, 3.05) is 23.7 Å². The molecule has 2 rings (SSSR count). The van der Waals surface area contributed by atoms with E-state index >= 15 is 0 Å². The van der Waals surface area contributed by atoms with Gasteiger partial charge in [-0.05, 0) is 43.4 Å². The van der Waals surface area contributed by atoms with E-state index < -0.39 is 0 Å². The average molecular weight is 317 g/mol. The predicted octanol–water partition coefficient (Wildman–Crippen LogP) is 3.85. The monoisotopic (exact) mass is 317 g/mol. The summed E-state index contributed by atoms with van der Waals surface area (Å²) in [7, 11) is 0. The van der Waals surface area contributed by atoms with Gasteiger partial charge in [-0.15, -0.1) is 0 Å². The first-order valence-corrected chi connectivity index (χ1v) is 8.34. The molecule has 126 valence electrons. The second kappa shape index (κ2) is 7.49. The van der Waals surface area contributed by atoms with Crippen molar-refractivity contribution < 1.29 is 9.59 Å². The lowest BCUT2D eigenvalue weighted by Gasteiger charge is -2.31. The molecule has 1 fully saturated rings. The number of piperidine rings is 1. The van der Waals surface area contributed by atoms with Crippen LogP contribution in [0, 0.1) is 18.8 Å². The number of nitrogens with one attached hydrogen (secondary N) is 2. The molecule has 1 aromatic rings. The number of anilines is 2. The van der Waals surface area contributed by atoms with Crippen LogP contribution in [0.2, 0.25) is 0 Å². The van der Waals surface area contributed by atoms with Crippen molar-refractivity contribution in [1.29, 1.82) is 0 Å². The van der Waals surface area contributed by atoms with Crippen LogP contribution in [0.1, 0.15) is 39.2 Å².